The van der Waals surface area contributed by atoms with Crippen LogP contribution >= 0.6 is 0 Å². The topological polar surface area (TPSA) is 46.9 Å². The average Bonchev–Trinajstić information content (AvgIpc) is 3.32. The van der Waals surface area contributed by atoms with Gasteiger partial charge in [0.15, 0.2) is 0 Å². The quantitative estimate of drug-likeness (QED) is 0.859. The number of fused-ring (bicyclic) bond motifs is 2. The summed E-state index contributed by atoms with van der Waals surface area (Å²) in [6.07, 6.45) is 9.12. The van der Waals surface area contributed by atoms with Gasteiger partial charge in [0.25, 0.3) is 0 Å². The molecule has 1 aromatic heterocycles. The van der Waals surface area contributed by atoms with E-state index < -0.39 is 0 Å². The van der Waals surface area contributed by atoms with Crippen LogP contribution in [0.1, 0.15) is 18.5 Å². The number of hydrogen-bond acceptors (Lipinski definition) is 2. The van der Waals surface area contributed by atoms with E-state index in [9.17, 15) is 9.18 Å². The fraction of sp³-hybridized carbons (Fsp3) is 0.368. The first-order valence-corrected chi connectivity index (χ1v) is 8.45. The van der Waals surface area contributed by atoms with Crippen LogP contribution in [-0.4, -0.2) is 22.2 Å². The number of nitrogens with zero attached hydrogens (tertiary/aromatic N) is 2. The molecule has 0 aliphatic heterocycles. The molecule has 2 aliphatic carbocycles. The fourth-order valence-electron chi connectivity index (χ4n) is 3.76. The summed E-state index contributed by atoms with van der Waals surface area (Å²) in [5.41, 5.74) is 1.73. The summed E-state index contributed by atoms with van der Waals surface area (Å²) in [5.74, 6) is 1.11. The number of nitrogens with one attached hydrogen (secondary N) is 1. The monoisotopic (exact) mass is 325 g/mol. The predicted octanol–water partition coefficient (Wildman–Crippen LogP) is 2.88. The van der Waals surface area contributed by atoms with E-state index in [1.54, 1.807) is 16.8 Å². The van der Waals surface area contributed by atoms with Crippen LogP contribution in [0, 0.1) is 23.6 Å². The maximum absolute atomic E-state index is 13.0. The number of halogens is 1. The van der Waals surface area contributed by atoms with Crippen molar-refractivity contribution in [3.05, 3.63) is 60.2 Å². The molecule has 124 valence electrons. The maximum atomic E-state index is 13.0. The van der Waals surface area contributed by atoms with Gasteiger partial charge in [-0.2, -0.15) is 5.10 Å². The first-order chi connectivity index (χ1) is 11.7. The van der Waals surface area contributed by atoms with Gasteiger partial charge in [-0.15, -0.1) is 0 Å². The van der Waals surface area contributed by atoms with Crippen LogP contribution in [0.4, 0.5) is 4.39 Å². The summed E-state index contributed by atoms with van der Waals surface area (Å²) < 4.78 is 14.7. The molecular weight excluding hydrogens is 305 g/mol. The van der Waals surface area contributed by atoms with Crippen molar-refractivity contribution < 1.29 is 9.18 Å². The van der Waals surface area contributed by atoms with Crippen LogP contribution in [0.3, 0.4) is 0 Å². The lowest BCUT2D eigenvalue weighted by atomic mass is 9.93. The molecule has 3 atom stereocenters. The largest absolute Gasteiger partial charge is 0.355 e. The zero-order chi connectivity index (χ0) is 16.5. The molecule has 2 aliphatic rings. The molecular formula is C19H20FN3O. The van der Waals surface area contributed by atoms with Gasteiger partial charge in [-0.3, -0.25) is 4.79 Å². The SMILES string of the molecule is O=C(NCCc1ccn(-c2ccc(F)cc2)n1)[C@@H]1C[C@H]2C=C[C@H]1C2. The molecule has 1 N–H and O–H groups in total. The molecule has 1 heterocycles. The number of carbonyl (C=O) groups is 1. The molecule has 2 bridgehead atoms. The third kappa shape index (κ3) is 2.98. The van der Waals surface area contributed by atoms with Gasteiger partial charge in [-0.1, -0.05) is 12.2 Å². The second-order valence-corrected chi connectivity index (χ2v) is 6.66. The minimum atomic E-state index is -0.260. The molecule has 0 spiro atoms. The highest BCUT2D eigenvalue weighted by molar-refractivity contribution is 5.79. The smallest absolute Gasteiger partial charge is 0.223 e. The first-order valence-electron chi connectivity index (χ1n) is 8.45. The van der Waals surface area contributed by atoms with Gasteiger partial charge >= 0.3 is 0 Å². The Bertz CT molecular complexity index is 765. The molecule has 1 amide bonds. The minimum Gasteiger partial charge on any atom is -0.355 e. The van der Waals surface area contributed by atoms with Gasteiger partial charge in [0.05, 0.1) is 11.4 Å². The Balaban J connectivity index is 1.30. The molecule has 4 rings (SSSR count). The van der Waals surface area contributed by atoms with Crippen molar-refractivity contribution in [2.45, 2.75) is 19.3 Å². The molecule has 1 fully saturated rings. The molecule has 5 heteroatoms. The van der Waals surface area contributed by atoms with Gasteiger partial charge < -0.3 is 5.32 Å². The van der Waals surface area contributed by atoms with Crippen molar-refractivity contribution in [3.8, 4) is 5.69 Å². The standard InChI is InChI=1S/C19H20FN3O/c20-15-3-5-17(6-4-15)23-10-8-16(22-23)7-9-21-19(24)18-12-13-1-2-14(18)11-13/h1-6,8,10,13-14,18H,7,9,11-12H2,(H,21,24)/t13-,14-,18+/m0/s1. The van der Waals surface area contributed by atoms with Crippen molar-refractivity contribution in [1.82, 2.24) is 15.1 Å². The molecule has 0 unspecified atom stereocenters. The Hall–Kier alpha value is -2.43. The highest BCUT2D eigenvalue weighted by atomic mass is 19.1. The second-order valence-electron chi connectivity index (χ2n) is 6.66. The van der Waals surface area contributed by atoms with E-state index in [0.717, 1.165) is 24.2 Å². The van der Waals surface area contributed by atoms with Gasteiger partial charge in [-0.25, -0.2) is 9.07 Å². The van der Waals surface area contributed by atoms with Gasteiger partial charge in [0, 0.05) is 25.1 Å². The average molecular weight is 325 g/mol. The summed E-state index contributed by atoms with van der Waals surface area (Å²) in [6, 6.07) is 8.14. The summed E-state index contributed by atoms with van der Waals surface area (Å²) in [6.45, 7) is 0.594. The summed E-state index contributed by atoms with van der Waals surface area (Å²) in [7, 11) is 0. The van der Waals surface area contributed by atoms with Crippen LogP contribution < -0.4 is 5.32 Å². The van der Waals surface area contributed by atoms with E-state index in [-0.39, 0.29) is 17.6 Å². The molecule has 0 saturated heterocycles. The van der Waals surface area contributed by atoms with Crippen LogP contribution in [-0.2, 0) is 11.2 Å². The van der Waals surface area contributed by atoms with Crippen molar-refractivity contribution in [3.63, 3.8) is 0 Å². The lowest BCUT2D eigenvalue weighted by Crippen LogP contribution is -2.34. The van der Waals surface area contributed by atoms with Crippen LogP contribution in [0.25, 0.3) is 5.69 Å². The normalized spacial score (nSPS) is 24.5. The van der Waals surface area contributed by atoms with Crippen molar-refractivity contribution >= 4 is 5.91 Å². The van der Waals surface area contributed by atoms with Crippen molar-refractivity contribution in [1.29, 1.82) is 0 Å². The van der Waals surface area contributed by atoms with E-state index in [4.69, 9.17) is 0 Å². The number of rotatable bonds is 5. The van der Waals surface area contributed by atoms with Crippen LogP contribution in [0.2, 0.25) is 0 Å². The van der Waals surface area contributed by atoms with E-state index in [0.29, 0.717) is 24.8 Å². The van der Waals surface area contributed by atoms with Crippen molar-refractivity contribution in [2.24, 2.45) is 17.8 Å². The third-order valence-electron chi connectivity index (χ3n) is 5.03. The number of amides is 1. The van der Waals surface area contributed by atoms with E-state index in [1.807, 2.05) is 12.3 Å². The Morgan fingerprint density at radius 2 is 2.04 bits per heavy atom. The summed E-state index contributed by atoms with van der Waals surface area (Å²) in [5, 5.41) is 7.52. The number of hydrogen-bond donors (Lipinski definition) is 1. The number of benzene rings is 1. The van der Waals surface area contributed by atoms with E-state index in [1.165, 1.54) is 12.1 Å². The van der Waals surface area contributed by atoms with Gasteiger partial charge in [0.2, 0.25) is 5.91 Å². The Labute approximate surface area is 140 Å². The molecule has 1 aromatic carbocycles. The Morgan fingerprint density at radius 1 is 1.21 bits per heavy atom. The third-order valence-corrected chi connectivity index (χ3v) is 5.03. The molecule has 24 heavy (non-hydrogen) atoms. The highest BCUT2D eigenvalue weighted by Gasteiger charge is 2.39. The van der Waals surface area contributed by atoms with E-state index >= 15 is 0 Å². The maximum Gasteiger partial charge on any atom is 0.223 e. The highest BCUT2D eigenvalue weighted by Crippen LogP contribution is 2.43. The molecule has 1 saturated carbocycles. The second kappa shape index (κ2) is 6.23. The Kier molecular flexibility index (Phi) is 3.92. The van der Waals surface area contributed by atoms with Crippen LogP contribution in [0.5, 0.6) is 0 Å². The first kappa shape index (κ1) is 15.1. The number of aromatic nitrogens is 2. The molecule has 0 radical (unpaired) electrons. The summed E-state index contributed by atoms with van der Waals surface area (Å²) in [4.78, 5) is 12.3. The number of carbonyl (C=O) groups excluding carboxylic acids is 1. The van der Waals surface area contributed by atoms with E-state index in [2.05, 4.69) is 22.6 Å². The summed E-state index contributed by atoms with van der Waals surface area (Å²) >= 11 is 0. The number of allylic oxidation sites excluding steroid dienone is 2. The zero-order valence-electron chi connectivity index (χ0n) is 13.4. The lowest BCUT2D eigenvalue weighted by molar-refractivity contribution is -0.125. The predicted molar refractivity (Wildman–Crippen MR) is 89.1 cm³/mol. The van der Waals surface area contributed by atoms with Crippen LogP contribution in [0.15, 0.2) is 48.7 Å². The lowest BCUT2D eigenvalue weighted by Gasteiger charge is -2.17. The van der Waals surface area contributed by atoms with Crippen molar-refractivity contribution in [2.75, 3.05) is 6.54 Å². The van der Waals surface area contributed by atoms with Gasteiger partial charge in [-0.05, 0) is 55.0 Å². The van der Waals surface area contributed by atoms with Gasteiger partial charge in [0.1, 0.15) is 5.82 Å². The Morgan fingerprint density at radius 3 is 2.75 bits per heavy atom. The zero-order valence-corrected chi connectivity index (χ0v) is 13.4. The molecule has 4 nitrogen and oxygen atoms in total. The fourth-order valence-corrected chi connectivity index (χ4v) is 3.76. The molecule has 2 aromatic rings. The minimum absolute atomic E-state index is 0.150.